The summed E-state index contributed by atoms with van der Waals surface area (Å²) in [4.78, 5) is 4.56. The summed E-state index contributed by atoms with van der Waals surface area (Å²) in [5, 5.41) is 8.53. The van der Waals surface area contributed by atoms with E-state index >= 15 is 0 Å². The third-order valence-electron chi connectivity index (χ3n) is 6.44. The molecule has 0 amide bonds. The highest BCUT2D eigenvalue weighted by Gasteiger charge is 2.32. The van der Waals surface area contributed by atoms with E-state index in [1.54, 1.807) is 0 Å². The Morgan fingerprint density at radius 1 is 0.714 bits per heavy atom. The van der Waals surface area contributed by atoms with Crippen molar-refractivity contribution < 1.29 is 0 Å². The molecular weight excluding hydrogens is 352 g/mol. The Bertz CT molecular complexity index is 728. The Morgan fingerprint density at radius 3 is 1.29 bits per heavy atom. The molecule has 156 valence electrons. The maximum Gasteiger partial charge on any atom is 0.0528 e. The van der Waals surface area contributed by atoms with Crippen LogP contribution < -0.4 is 11.5 Å². The molecule has 2 saturated heterocycles. The minimum Gasteiger partial charge on any atom is -0.326 e. The zero-order valence-corrected chi connectivity index (χ0v) is 18.1. The van der Waals surface area contributed by atoms with Crippen molar-refractivity contribution in [3.05, 3.63) is 34.9 Å². The van der Waals surface area contributed by atoms with Crippen LogP contribution in [0.15, 0.2) is 12.4 Å². The third kappa shape index (κ3) is 4.15. The fourth-order valence-electron chi connectivity index (χ4n) is 4.48. The number of likely N-dealkylation sites (tertiary alicyclic amines) is 2. The van der Waals surface area contributed by atoms with Gasteiger partial charge < -0.3 is 21.3 Å². The van der Waals surface area contributed by atoms with E-state index in [4.69, 9.17) is 11.5 Å². The first-order valence-electron chi connectivity index (χ1n) is 10.0. The summed E-state index contributed by atoms with van der Waals surface area (Å²) in [7, 11) is 8.18. The van der Waals surface area contributed by atoms with E-state index in [1.807, 2.05) is 35.9 Å². The lowest BCUT2D eigenvalue weighted by atomic mass is 9.96. The zero-order chi connectivity index (χ0) is 20.6. The van der Waals surface area contributed by atoms with Gasteiger partial charge in [-0.05, 0) is 39.1 Å². The highest BCUT2D eigenvalue weighted by atomic mass is 15.3. The first kappa shape index (κ1) is 21.0. The minimum atomic E-state index is 0.253. The molecule has 0 spiro atoms. The minimum absolute atomic E-state index is 0.253. The van der Waals surface area contributed by atoms with Crippen LogP contribution in [0.4, 0.5) is 0 Å². The maximum absolute atomic E-state index is 6.10. The molecule has 2 aromatic heterocycles. The van der Waals surface area contributed by atoms with Crippen LogP contribution in [0.25, 0.3) is 0 Å². The van der Waals surface area contributed by atoms with Crippen molar-refractivity contribution in [3.8, 4) is 0 Å². The maximum atomic E-state index is 6.10. The average Bonchev–Trinajstić information content (AvgIpc) is 3.33. The summed E-state index contributed by atoms with van der Waals surface area (Å²) < 4.78 is 3.83. The van der Waals surface area contributed by atoms with Crippen molar-refractivity contribution in [2.24, 2.45) is 25.6 Å². The number of likely N-dealkylation sites (N-methyl/N-ethyl adjacent to an activating group) is 2. The summed E-state index contributed by atoms with van der Waals surface area (Å²) >= 11 is 0. The van der Waals surface area contributed by atoms with Gasteiger partial charge in [0.2, 0.25) is 0 Å². The molecule has 0 unspecified atom stereocenters. The van der Waals surface area contributed by atoms with Crippen LogP contribution in [0.1, 0.15) is 34.4 Å². The van der Waals surface area contributed by atoms with E-state index in [2.05, 4.69) is 47.9 Å². The Kier molecular flexibility index (Phi) is 6.24. The van der Waals surface area contributed by atoms with Gasteiger partial charge in [0, 0.05) is 75.6 Å². The normalized spacial score (nSPS) is 28.6. The van der Waals surface area contributed by atoms with Crippen molar-refractivity contribution in [1.29, 1.82) is 0 Å². The molecule has 2 aromatic rings. The van der Waals surface area contributed by atoms with Gasteiger partial charge in [-0.2, -0.15) is 10.2 Å². The molecule has 2 fully saturated rings. The highest BCUT2D eigenvalue weighted by molar-refractivity contribution is 5.26. The Morgan fingerprint density at radius 2 is 1.07 bits per heavy atom. The number of aromatic nitrogens is 4. The van der Waals surface area contributed by atoms with E-state index in [0.717, 1.165) is 26.2 Å². The number of nitrogens with two attached hydrogens (primary N) is 2. The van der Waals surface area contributed by atoms with Crippen molar-refractivity contribution in [2.45, 2.75) is 37.8 Å². The molecule has 4 atom stereocenters. The molecule has 8 heteroatoms. The van der Waals surface area contributed by atoms with Crippen LogP contribution in [0, 0.1) is 13.8 Å². The third-order valence-corrected chi connectivity index (χ3v) is 6.44. The monoisotopic (exact) mass is 388 g/mol. The Hall–Kier alpha value is -1.74. The molecule has 2 aliphatic heterocycles. The first-order chi connectivity index (χ1) is 13.2. The van der Waals surface area contributed by atoms with Crippen LogP contribution in [0.3, 0.4) is 0 Å². The summed E-state index contributed by atoms with van der Waals surface area (Å²) in [5.74, 6) is 0.905. The lowest BCUT2D eigenvalue weighted by molar-refractivity contribution is 0.407. The quantitative estimate of drug-likeness (QED) is 0.762. The molecule has 2 aliphatic rings. The molecule has 28 heavy (non-hydrogen) atoms. The van der Waals surface area contributed by atoms with Crippen molar-refractivity contribution in [3.63, 3.8) is 0 Å². The van der Waals surface area contributed by atoms with Gasteiger partial charge in [-0.15, -0.1) is 0 Å². The largest absolute Gasteiger partial charge is 0.326 e. The Balaban J connectivity index is 0.000000161. The van der Waals surface area contributed by atoms with E-state index in [1.165, 1.54) is 22.5 Å². The molecule has 4 N–H and O–H groups in total. The predicted molar refractivity (Wildman–Crippen MR) is 112 cm³/mol. The summed E-state index contributed by atoms with van der Waals surface area (Å²) in [6.07, 6.45) is 3.91. The Labute approximate surface area is 168 Å². The number of rotatable bonds is 2. The topological polar surface area (TPSA) is 94.2 Å². The van der Waals surface area contributed by atoms with Crippen molar-refractivity contribution in [1.82, 2.24) is 29.4 Å². The molecule has 0 saturated carbocycles. The van der Waals surface area contributed by atoms with Gasteiger partial charge in [0.25, 0.3) is 0 Å². The second kappa shape index (κ2) is 8.32. The molecule has 4 rings (SSSR count). The van der Waals surface area contributed by atoms with Crippen LogP contribution in [0.2, 0.25) is 0 Å². The molecule has 0 radical (unpaired) electrons. The lowest BCUT2D eigenvalue weighted by Gasteiger charge is -2.13. The van der Waals surface area contributed by atoms with Gasteiger partial charge in [-0.1, -0.05) is 0 Å². The summed E-state index contributed by atoms with van der Waals surface area (Å²) in [5.41, 5.74) is 17.3. The van der Waals surface area contributed by atoms with Gasteiger partial charge in [0.15, 0.2) is 0 Å². The van der Waals surface area contributed by atoms with Crippen molar-refractivity contribution >= 4 is 0 Å². The van der Waals surface area contributed by atoms with Gasteiger partial charge in [0.1, 0.15) is 0 Å². The molecule has 4 heterocycles. The fraction of sp³-hybridized carbons (Fsp3) is 0.700. The SMILES string of the molecule is Cc1c([C@@H]2CN(C)C[C@H]2N)cnn1C.Cc1c([C@H]2CN(C)C[C@@H]2N)cnn1C. The summed E-state index contributed by atoms with van der Waals surface area (Å²) in [6, 6.07) is 0.505. The molecule has 8 nitrogen and oxygen atoms in total. The van der Waals surface area contributed by atoms with E-state index in [0.29, 0.717) is 11.8 Å². The van der Waals surface area contributed by atoms with Crippen molar-refractivity contribution in [2.75, 3.05) is 40.3 Å². The van der Waals surface area contributed by atoms with Crippen LogP contribution in [0.5, 0.6) is 0 Å². The van der Waals surface area contributed by atoms with Gasteiger partial charge in [-0.3, -0.25) is 9.36 Å². The summed E-state index contributed by atoms with van der Waals surface area (Å²) in [6.45, 7) is 8.28. The van der Waals surface area contributed by atoms with E-state index in [9.17, 15) is 0 Å². The van der Waals surface area contributed by atoms with Gasteiger partial charge >= 0.3 is 0 Å². The first-order valence-corrected chi connectivity index (χ1v) is 10.0. The highest BCUT2D eigenvalue weighted by Crippen LogP contribution is 2.28. The molecule has 0 bridgehead atoms. The standard InChI is InChI=1S/2C10H18N4/c2*1-7-8(4-12-14(7)3)9-5-13(2)6-10(9)11/h2*4,9-10H,5-6,11H2,1-3H3/t2*9-,10+/m10/s1. The van der Waals surface area contributed by atoms with E-state index in [-0.39, 0.29) is 12.1 Å². The second-order valence-electron chi connectivity index (χ2n) is 8.60. The predicted octanol–water partition coefficient (Wildman–Crippen LogP) is 0.170. The van der Waals surface area contributed by atoms with E-state index < -0.39 is 0 Å². The van der Waals surface area contributed by atoms with Crippen LogP contribution in [-0.2, 0) is 14.1 Å². The number of hydrogen-bond donors (Lipinski definition) is 2. The smallest absolute Gasteiger partial charge is 0.0528 e. The van der Waals surface area contributed by atoms with Gasteiger partial charge in [-0.25, -0.2) is 0 Å². The van der Waals surface area contributed by atoms with Gasteiger partial charge in [0.05, 0.1) is 12.4 Å². The molecule has 0 aliphatic carbocycles. The molecule has 0 aromatic carbocycles. The lowest BCUT2D eigenvalue weighted by Crippen LogP contribution is -2.28. The van der Waals surface area contributed by atoms with Crippen LogP contribution >= 0.6 is 0 Å². The second-order valence-corrected chi connectivity index (χ2v) is 8.60. The van der Waals surface area contributed by atoms with Crippen LogP contribution in [-0.4, -0.2) is 81.7 Å². The number of aryl methyl sites for hydroxylation is 2. The number of nitrogens with zero attached hydrogens (tertiary/aromatic N) is 6. The molecular formula is C20H36N8. The average molecular weight is 389 g/mol. The number of hydrogen-bond acceptors (Lipinski definition) is 6. The zero-order valence-electron chi connectivity index (χ0n) is 18.1. The fourth-order valence-corrected chi connectivity index (χ4v) is 4.48.